The van der Waals surface area contributed by atoms with Gasteiger partial charge in [-0.25, -0.2) is 0 Å². The molecule has 0 heterocycles. The highest BCUT2D eigenvalue weighted by Crippen LogP contribution is 2.22. The number of anilines is 1. The minimum atomic E-state index is -4.20. The molecule has 2 aromatic carbocycles. The molecule has 2 rings (SSSR count). The molecule has 0 radical (unpaired) electrons. The van der Waals surface area contributed by atoms with Crippen LogP contribution < -0.4 is 5.32 Å². The Morgan fingerprint density at radius 1 is 1.16 bits per heavy atom. The maximum Gasteiger partial charge on any atom is 0.294 e. The van der Waals surface area contributed by atoms with Gasteiger partial charge in [-0.3, -0.25) is 9.35 Å². The van der Waals surface area contributed by atoms with Crippen LogP contribution in [0.4, 0.5) is 5.69 Å². The second-order valence-corrected chi connectivity index (χ2v) is 5.52. The molecule has 0 saturated carbocycles. The molecule has 0 unspecified atom stereocenters. The van der Waals surface area contributed by atoms with Gasteiger partial charge in [-0.1, -0.05) is 19.1 Å². The van der Waals surface area contributed by atoms with Crippen molar-refractivity contribution in [3.05, 3.63) is 36.4 Å². The van der Waals surface area contributed by atoms with Crippen molar-refractivity contribution >= 4 is 32.5 Å². The van der Waals surface area contributed by atoms with Gasteiger partial charge in [0.1, 0.15) is 0 Å². The maximum absolute atomic E-state index is 11.3. The van der Waals surface area contributed by atoms with Crippen molar-refractivity contribution < 1.29 is 17.8 Å². The number of nitrogens with one attached hydrogen (secondary N) is 1. The first-order chi connectivity index (χ1) is 8.90. The van der Waals surface area contributed by atoms with E-state index in [2.05, 4.69) is 5.32 Å². The van der Waals surface area contributed by atoms with Gasteiger partial charge in [-0.15, -0.1) is 0 Å². The predicted octanol–water partition coefficient (Wildman–Crippen LogP) is 2.44. The summed E-state index contributed by atoms with van der Waals surface area (Å²) in [7, 11) is -4.20. The molecule has 0 aromatic heterocycles. The average Bonchev–Trinajstić information content (AvgIpc) is 2.36. The first-order valence-electron chi connectivity index (χ1n) is 5.71. The highest BCUT2D eigenvalue weighted by molar-refractivity contribution is 7.85. The zero-order valence-electron chi connectivity index (χ0n) is 10.3. The molecule has 19 heavy (non-hydrogen) atoms. The highest BCUT2D eigenvalue weighted by Gasteiger charge is 2.10. The molecule has 0 aliphatic rings. The van der Waals surface area contributed by atoms with E-state index in [-0.39, 0.29) is 10.8 Å². The summed E-state index contributed by atoms with van der Waals surface area (Å²) in [6, 6.07) is 9.41. The van der Waals surface area contributed by atoms with Crippen molar-refractivity contribution in [2.24, 2.45) is 0 Å². The van der Waals surface area contributed by atoms with E-state index in [0.29, 0.717) is 17.5 Å². The summed E-state index contributed by atoms with van der Waals surface area (Å²) in [5, 5.41) is 4.17. The molecule has 6 heteroatoms. The van der Waals surface area contributed by atoms with Gasteiger partial charge in [-0.2, -0.15) is 8.42 Å². The zero-order valence-corrected chi connectivity index (χ0v) is 11.1. The number of carbonyl (C=O) groups excluding carboxylic acids is 1. The van der Waals surface area contributed by atoms with Crippen LogP contribution in [-0.2, 0) is 14.9 Å². The van der Waals surface area contributed by atoms with Crippen LogP contribution >= 0.6 is 0 Å². The van der Waals surface area contributed by atoms with Crippen molar-refractivity contribution in [3.63, 3.8) is 0 Å². The minimum Gasteiger partial charge on any atom is -0.326 e. The zero-order chi connectivity index (χ0) is 14.0. The van der Waals surface area contributed by atoms with Crippen LogP contribution in [0.25, 0.3) is 10.8 Å². The van der Waals surface area contributed by atoms with Gasteiger partial charge in [0.05, 0.1) is 4.90 Å². The van der Waals surface area contributed by atoms with Crippen LogP contribution in [0.2, 0.25) is 0 Å². The largest absolute Gasteiger partial charge is 0.326 e. The van der Waals surface area contributed by atoms with E-state index < -0.39 is 10.1 Å². The van der Waals surface area contributed by atoms with Crippen LogP contribution in [0.1, 0.15) is 13.3 Å². The SMILES string of the molecule is CCC(=O)Nc1ccc2cc(S(=O)(=O)O)ccc2c1. The van der Waals surface area contributed by atoms with Crippen molar-refractivity contribution in [1.82, 2.24) is 0 Å². The van der Waals surface area contributed by atoms with Gasteiger partial charge < -0.3 is 5.32 Å². The van der Waals surface area contributed by atoms with Gasteiger partial charge in [0.25, 0.3) is 10.1 Å². The summed E-state index contributed by atoms with van der Waals surface area (Å²) in [4.78, 5) is 11.1. The Kier molecular flexibility index (Phi) is 3.55. The maximum atomic E-state index is 11.3. The van der Waals surface area contributed by atoms with E-state index in [0.717, 1.165) is 5.39 Å². The quantitative estimate of drug-likeness (QED) is 0.845. The van der Waals surface area contributed by atoms with Gasteiger partial charge in [0, 0.05) is 12.1 Å². The molecule has 2 aromatic rings. The number of carbonyl (C=O) groups is 1. The van der Waals surface area contributed by atoms with E-state index >= 15 is 0 Å². The predicted molar refractivity (Wildman–Crippen MR) is 72.7 cm³/mol. The molecule has 0 bridgehead atoms. The van der Waals surface area contributed by atoms with Crippen molar-refractivity contribution in [2.75, 3.05) is 5.32 Å². The van der Waals surface area contributed by atoms with Crippen LogP contribution in [0.5, 0.6) is 0 Å². The molecule has 0 aliphatic heterocycles. The molecule has 5 nitrogen and oxygen atoms in total. The highest BCUT2D eigenvalue weighted by atomic mass is 32.2. The molecule has 0 spiro atoms. The molecule has 1 amide bonds. The van der Waals surface area contributed by atoms with E-state index in [1.807, 2.05) is 0 Å². The molecule has 0 atom stereocenters. The Balaban J connectivity index is 2.43. The monoisotopic (exact) mass is 279 g/mol. The molecule has 0 aliphatic carbocycles. The number of rotatable bonds is 3. The number of fused-ring (bicyclic) bond motifs is 1. The third kappa shape index (κ3) is 3.10. The summed E-state index contributed by atoms with van der Waals surface area (Å²) < 4.78 is 31.0. The van der Waals surface area contributed by atoms with E-state index in [1.54, 1.807) is 31.2 Å². The fourth-order valence-corrected chi connectivity index (χ4v) is 2.23. The second-order valence-electron chi connectivity index (χ2n) is 4.10. The van der Waals surface area contributed by atoms with Gasteiger partial charge in [-0.05, 0) is 35.0 Å². The summed E-state index contributed by atoms with van der Waals surface area (Å²) in [6.45, 7) is 1.76. The normalized spacial score (nSPS) is 11.5. The van der Waals surface area contributed by atoms with Gasteiger partial charge in [0.15, 0.2) is 0 Å². The molecule has 100 valence electrons. The lowest BCUT2D eigenvalue weighted by atomic mass is 10.1. The van der Waals surface area contributed by atoms with Gasteiger partial charge in [0.2, 0.25) is 5.91 Å². The molecule has 0 saturated heterocycles. The fraction of sp³-hybridized carbons (Fsp3) is 0.154. The molecule has 2 N–H and O–H groups in total. The van der Waals surface area contributed by atoms with Crippen LogP contribution in [0.15, 0.2) is 41.3 Å². The molecule has 0 fully saturated rings. The Hall–Kier alpha value is -1.92. The average molecular weight is 279 g/mol. The first-order valence-corrected chi connectivity index (χ1v) is 7.15. The first kappa shape index (κ1) is 13.5. The molecular formula is C13H13NO4S. The van der Waals surface area contributed by atoms with Gasteiger partial charge >= 0.3 is 0 Å². The summed E-state index contributed by atoms with van der Waals surface area (Å²) in [5.74, 6) is -0.0890. The Morgan fingerprint density at radius 3 is 2.42 bits per heavy atom. The third-order valence-corrected chi connectivity index (χ3v) is 3.56. The Labute approximate surface area is 111 Å². The second kappa shape index (κ2) is 4.99. The van der Waals surface area contributed by atoms with Crippen LogP contribution in [-0.4, -0.2) is 18.9 Å². The van der Waals surface area contributed by atoms with Crippen molar-refractivity contribution in [2.45, 2.75) is 18.2 Å². The lowest BCUT2D eigenvalue weighted by molar-refractivity contribution is -0.115. The lowest BCUT2D eigenvalue weighted by Gasteiger charge is -2.06. The Morgan fingerprint density at radius 2 is 1.79 bits per heavy atom. The smallest absolute Gasteiger partial charge is 0.294 e. The molecular weight excluding hydrogens is 266 g/mol. The van der Waals surface area contributed by atoms with Crippen molar-refractivity contribution in [3.8, 4) is 0 Å². The van der Waals surface area contributed by atoms with Crippen molar-refractivity contribution in [1.29, 1.82) is 0 Å². The number of benzene rings is 2. The van der Waals surface area contributed by atoms with Crippen LogP contribution in [0.3, 0.4) is 0 Å². The fourth-order valence-electron chi connectivity index (χ4n) is 1.71. The summed E-state index contributed by atoms with van der Waals surface area (Å²) in [6.07, 6.45) is 0.389. The summed E-state index contributed by atoms with van der Waals surface area (Å²) >= 11 is 0. The number of hydrogen-bond acceptors (Lipinski definition) is 3. The third-order valence-electron chi connectivity index (χ3n) is 2.71. The topological polar surface area (TPSA) is 83.5 Å². The lowest BCUT2D eigenvalue weighted by Crippen LogP contribution is -2.09. The number of amides is 1. The number of hydrogen-bond donors (Lipinski definition) is 2. The minimum absolute atomic E-state index is 0.0890. The van der Waals surface area contributed by atoms with E-state index in [1.165, 1.54) is 12.1 Å². The standard InChI is InChI=1S/C13H13NO4S/c1-2-13(15)14-11-5-3-10-8-12(19(16,17)18)6-4-9(10)7-11/h3-8H,2H2,1H3,(H,14,15)(H,16,17,18). The van der Waals surface area contributed by atoms with E-state index in [9.17, 15) is 13.2 Å². The van der Waals surface area contributed by atoms with E-state index in [4.69, 9.17) is 4.55 Å². The van der Waals surface area contributed by atoms with Crippen LogP contribution in [0, 0.1) is 0 Å². The summed E-state index contributed by atoms with van der Waals surface area (Å²) in [5.41, 5.74) is 0.652. The Bertz CT molecular complexity index is 737.